The predicted octanol–water partition coefficient (Wildman–Crippen LogP) is 3.10. The zero-order valence-corrected chi connectivity index (χ0v) is 18.3. The van der Waals surface area contributed by atoms with Crippen LogP contribution in [0.3, 0.4) is 0 Å². The molecule has 0 saturated carbocycles. The molecule has 14 heteroatoms. The zero-order chi connectivity index (χ0) is 24.3. The van der Waals surface area contributed by atoms with Crippen molar-refractivity contribution in [3.63, 3.8) is 0 Å². The van der Waals surface area contributed by atoms with Crippen molar-refractivity contribution in [1.82, 2.24) is 14.9 Å². The summed E-state index contributed by atoms with van der Waals surface area (Å²) in [7, 11) is 0. The van der Waals surface area contributed by atoms with Gasteiger partial charge in [0.1, 0.15) is 16.3 Å². The van der Waals surface area contributed by atoms with Crippen molar-refractivity contribution >= 4 is 32.7 Å². The van der Waals surface area contributed by atoms with Crippen LogP contribution in [0.15, 0.2) is 30.5 Å². The smallest absolute Gasteiger partial charge is 0.587 e. The van der Waals surface area contributed by atoms with Gasteiger partial charge < -0.3 is 20.0 Å². The Morgan fingerprint density at radius 1 is 1.32 bits per heavy atom. The molecule has 0 aliphatic carbocycles. The Hall–Kier alpha value is -3.26. The number of carbonyl (C=O) groups is 1. The van der Waals surface area contributed by atoms with Crippen LogP contribution >= 0.6 is 11.3 Å². The van der Waals surface area contributed by atoms with Crippen molar-refractivity contribution in [1.29, 1.82) is 0 Å². The topological polar surface area (TPSA) is 104 Å². The Morgan fingerprint density at radius 3 is 2.88 bits per heavy atom. The Balaban J connectivity index is 1.31. The van der Waals surface area contributed by atoms with Crippen molar-refractivity contribution in [3.8, 4) is 11.6 Å². The largest absolute Gasteiger partial charge is 0.618 e. The molecule has 1 saturated heterocycles. The molecule has 1 fully saturated rings. The number of piperidine rings is 1. The van der Waals surface area contributed by atoms with E-state index in [4.69, 9.17) is 0 Å². The number of hydrogen-bond donors (Lipinski definition) is 1. The van der Waals surface area contributed by atoms with E-state index in [2.05, 4.69) is 24.8 Å². The van der Waals surface area contributed by atoms with Gasteiger partial charge in [-0.15, -0.1) is 8.78 Å². The molecule has 0 aromatic carbocycles. The molecule has 180 valence electrons. The quantitative estimate of drug-likeness (QED) is 0.334. The molecule has 2 aliphatic heterocycles. The fraction of sp³-hybridized carbons (Fsp3) is 0.400. The van der Waals surface area contributed by atoms with E-state index in [1.807, 2.05) is 0 Å². The summed E-state index contributed by atoms with van der Waals surface area (Å²) in [5, 5.41) is 14.8. The van der Waals surface area contributed by atoms with E-state index in [9.17, 15) is 27.6 Å². The van der Waals surface area contributed by atoms with E-state index in [1.165, 1.54) is 24.3 Å². The summed E-state index contributed by atoms with van der Waals surface area (Å²) in [5.41, 5.74) is 0.153. The number of pyridine rings is 2. The highest BCUT2D eigenvalue weighted by atomic mass is 32.1. The maximum atomic E-state index is 14.6. The van der Waals surface area contributed by atoms with Gasteiger partial charge in [-0.3, -0.25) is 9.69 Å². The summed E-state index contributed by atoms with van der Waals surface area (Å²) in [6.07, 6.45) is -3.15. The van der Waals surface area contributed by atoms with Crippen LogP contribution in [0.1, 0.15) is 25.0 Å². The van der Waals surface area contributed by atoms with Crippen LogP contribution in [-0.2, 0) is 4.79 Å². The number of thiazole rings is 1. The first-order valence-corrected chi connectivity index (χ1v) is 11.0. The molecule has 34 heavy (non-hydrogen) atoms. The average molecular weight is 499 g/mol. The van der Waals surface area contributed by atoms with Gasteiger partial charge in [-0.25, -0.2) is 13.8 Å². The Morgan fingerprint density at radius 2 is 2.12 bits per heavy atom. The molecule has 1 N–H and O–H groups in total. The van der Waals surface area contributed by atoms with E-state index in [-0.39, 0.29) is 45.9 Å². The summed E-state index contributed by atoms with van der Waals surface area (Å²) < 4.78 is 64.7. The number of likely N-dealkylation sites (tertiary alicyclic amines) is 1. The summed E-state index contributed by atoms with van der Waals surface area (Å²) in [6.45, 7) is 1.33. The third-order valence-electron chi connectivity index (χ3n) is 5.79. The van der Waals surface area contributed by atoms with E-state index in [1.54, 1.807) is 11.8 Å². The maximum Gasteiger partial charge on any atom is 0.587 e. The second-order valence-electron chi connectivity index (χ2n) is 7.98. The normalized spacial score (nSPS) is 22.0. The molecule has 2 aliphatic rings. The maximum absolute atomic E-state index is 14.6. The highest BCUT2D eigenvalue weighted by molar-refractivity contribution is 7.22. The van der Waals surface area contributed by atoms with E-state index in [0.29, 0.717) is 4.73 Å². The number of halogens is 4. The number of nitrogens with one attached hydrogen (secondary N) is 1. The van der Waals surface area contributed by atoms with Gasteiger partial charge in [-0.1, -0.05) is 11.3 Å². The van der Waals surface area contributed by atoms with Crippen LogP contribution in [0.2, 0.25) is 0 Å². The molecule has 0 unspecified atom stereocenters. The van der Waals surface area contributed by atoms with Crippen LogP contribution in [0.25, 0.3) is 10.3 Å². The molecule has 5 rings (SSSR count). The summed E-state index contributed by atoms with van der Waals surface area (Å²) >= 11 is 0.937. The van der Waals surface area contributed by atoms with Crippen LogP contribution in [0.4, 0.5) is 22.7 Å². The lowest BCUT2D eigenvalue weighted by Gasteiger charge is -2.39. The van der Waals surface area contributed by atoms with Gasteiger partial charge >= 0.3 is 6.29 Å². The zero-order valence-electron chi connectivity index (χ0n) is 17.5. The number of amides is 1. The lowest BCUT2D eigenvalue weighted by molar-refractivity contribution is -0.617. The molecule has 0 radical (unpaired) electrons. The van der Waals surface area contributed by atoms with Gasteiger partial charge in [0.15, 0.2) is 17.1 Å². The minimum atomic E-state index is -3.81. The second kappa shape index (κ2) is 7.91. The van der Waals surface area contributed by atoms with Crippen molar-refractivity contribution in [2.45, 2.75) is 37.5 Å². The highest BCUT2D eigenvalue weighted by Gasteiger charge is 2.49. The van der Waals surface area contributed by atoms with E-state index in [0.717, 1.165) is 17.5 Å². The standard InChI is InChI=1S/C20H17F4N5O4S/c1-10(28-7-5-19(21,22)11(9-28)13-4-2-3-6-29(13)31)15(30)26-18-25-12-8-14-16(27-17(12)34-18)33-20(23,24)32-14/h2-4,6,8,10-11H,5,7,9H2,1H3,(H,25,26,30)/t10-,11-/m0/s1. The Labute approximate surface area is 193 Å². The predicted molar refractivity (Wildman–Crippen MR) is 111 cm³/mol. The molecule has 3 aromatic heterocycles. The molecule has 3 aromatic rings. The Bertz CT molecular complexity index is 1230. The summed E-state index contributed by atoms with van der Waals surface area (Å²) in [4.78, 5) is 22.8. The monoisotopic (exact) mass is 499 g/mol. The number of rotatable bonds is 4. The Kier molecular flexibility index (Phi) is 5.24. The third-order valence-corrected chi connectivity index (χ3v) is 6.67. The number of carbonyl (C=O) groups excluding carboxylic acids is 1. The van der Waals surface area contributed by atoms with Gasteiger partial charge in [-0.2, -0.15) is 9.71 Å². The van der Waals surface area contributed by atoms with Gasteiger partial charge in [0.25, 0.3) is 11.8 Å². The van der Waals surface area contributed by atoms with Crippen LogP contribution in [-0.4, -0.2) is 52.1 Å². The fourth-order valence-electron chi connectivity index (χ4n) is 3.97. The van der Waals surface area contributed by atoms with Crippen molar-refractivity contribution < 1.29 is 36.6 Å². The molecule has 0 bridgehead atoms. The first kappa shape index (κ1) is 22.5. The SMILES string of the molecule is C[C@@H](C(=O)Nc1nc2cc3c(nc2s1)OC(F)(F)O3)N1CCC(F)(F)[C@H](c2cccc[n+]2[O-])C1. The average Bonchev–Trinajstić information content (AvgIpc) is 3.28. The molecule has 2 atom stereocenters. The lowest BCUT2D eigenvalue weighted by Crippen LogP contribution is -2.54. The number of nitrogens with zero attached hydrogens (tertiary/aromatic N) is 4. The van der Waals surface area contributed by atoms with Crippen molar-refractivity contribution in [3.05, 3.63) is 41.4 Å². The number of anilines is 1. The molecule has 9 nitrogen and oxygen atoms in total. The van der Waals surface area contributed by atoms with Crippen LogP contribution in [0, 0.1) is 5.21 Å². The van der Waals surface area contributed by atoms with Crippen molar-refractivity contribution in [2.24, 2.45) is 0 Å². The molecule has 1 amide bonds. The number of fused-ring (bicyclic) bond motifs is 2. The van der Waals surface area contributed by atoms with Gasteiger partial charge in [-0.05, 0) is 13.0 Å². The number of ether oxygens (including phenoxy) is 2. The van der Waals surface area contributed by atoms with Gasteiger partial charge in [0, 0.05) is 37.7 Å². The third kappa shape index (κ3) is 4.07. The minimum absolute atomic E-state index is 0.0409. The number of alkyl halides is 4. The highest BCUT2D eigenvalue weighted by Crippen LogP contribution is 2.43. The van der Waals surface area contributed by atoms with Crippen LogP contribution < -0.4 is 19.5 Å². The first-order valence-electron chi connectivity index (χ1n) is 10.2. The fourth-order valence-corrected chi connectivity index (χ4v) is 4.78. The van der Waals surface area contributed by atoms with Gasteiger partial charge in [0.2, 0.25) is 11.6 Å². The molecule has 0 spiro atoms. The second-order valence-corrected chi connectivity index (χ2v) is 8.96. The molecular weight excluding hydrogens is 482 g/mol. The molecular formula is C20H17F4N5O4S. The number of hydrogen-bond acceptors (Lipinski definition) is 8. The summed E-state index contributed by atoms with van der Waals surface area (Å²) in [5.74, 6) is -5.63. The lowest BCUT2D eigenvalue weighted by atomic mass is 9.89. The van der Waals surface area contributed by atoms with Crippen LogP contribution in [0.5, 0.6) is 11.6 Å². The van der Waals surface area contributed by atoms with Gasteiger partial charge in [0.05, 0.1) is 6.04 Å². The van der Waals surface area contributed by atoms with Crippen molar-refractivity contribution in [2.75, 3.05) is 18.4 Å². The summed E-state index contributed by atoms with van der Waals surface area (Å²) in [6, 6.07) is 4.75. The minimum Gasteiger partial charge on any atom is -0.618 e. The van der Waals surface area contributed by atoms with E-state index < -0.39 is 36.5 Å². The molecule has 5 heterocycles. The number of aromatic nitrogens is 3. The van der Waals surface area contributed by atoms with E-state index >= 15 is 0 Å². The first-order chi connectivity index (χ1) is 16.0.